The lowest BCUT2D eigenvalue weighted by molar-refractivity contribution is 0.135. The molecule has 1 fully saturated rings. The molecule has 0 aromatic heterocycles. The van der Waals surface area contributed by atoms with Gasteiger partial charge in [0, 0.05) is 6.61 Å². The largest absolute Gasteiger partial charge is 0.396 e. The highest BCUT2D eigenvalue weighted by atomic mass is 16.3. The van der Waals surface area contributed by atoms with Crippen LogP contribution in [0, 0.1) is 5.92 Å². The van der Waals surface area contributed by atoms with Gasteiger partial charge in [-0.25, -0.2) is 0 Å². The van der Waals surface area contributed by atoms with Gasteiger partial charge in [-0.3, -0.25) is 0 Å². The smallest absolute Gasteiger partial charge is 0.0460 e. The molecule has 0 radical (unpaired) electrons. The standard InChI is InChI=1S/C8H17NO.C3H8/c1-2-9-5-3-8(7-10)4-6-9;1-3-2/h8,10H,2-7H2,1H3;3H2,1-2H3. The Bertz CT molecular complexity index is 86.3. The maximum absolute atomic E-state index is 8.83. The van der Waals surface area contributed by atoms with E-state index in [1.54, 1.807) is 0 Å². The molecule has 1 heterocycles. The summed E-state index contributed by atoms with van der Waals surface area (Å²) in [4.78, 5) is 2.44. The van der Waals surface area contributed by atoms with Gasteiger partial charge in [-0.2, -0.15) is 0 Å². The monoisotopic (exact) mass is 187 g/mol. The zero-order valence-corrected chi connectivity index (χ0v) is 9.42. The summed E-state index contributed by atoms with van der Waals surface area (Å²) in [5, 5.41) is 8.83. The third-order valence-electron chi connectivity index (χ3n) is 2.41. The molecule has 2 nitrogen and oxygen atoms in total. The predicted octanol–water partition coefficient (Wildman–Crippen LogP) is 2.13. The van der Waals surface area contributed by atoms with Gasteiger partial charge in [0.1, 0.15) is 0 Å². The van der Waals surface area contributed by atoms with Crippen LogP contribution in [-0.4, -0.2) is 36.2 Å². The van der Waals surface area contributed by atoms with Crippen molar-refractivity contribution in [3.8, 4) is 0 Å². The number of hydrogen-bond acceptors (Lipinski definition) is 2. The van der Waals surface area contributed by atoms with Crippen LogP contribution < -0.4 is 0 Å². The summed E-state index contributed by atoms with van der Waals surface area (Å²) in [6, 6.07) is 0. The second-order valence-corrected chi connectivity index (χ2v) is 3.77. The summed E-state index contributed by atoms with van der Waals surface area (Å²) in [6.07, 6.45) is 3.62. The first kappa shape index (κ1) is 12.9. The number of aliphatic hydroxyl groups excluding tert-OH is 1. The zero-order valence-electron chi connectivity index (χ0n) is 9.42. The Hall–Kier alpha value is -0.0800. The number of likely N-dealkylation sites (tertiary alicyclic amines) is 1. The van der Waals surface area contributed by atoms with E-state index in [0.717, 1.165) is 6.54 Å². The van der Waals surface area contributed by atoms with Crippen molar-refractivity contribution >= 4 is 0 Å². The summed E-state index contributed by atoms with van der Waals surface area (Å²) in [7, 11) is 0. The summed E-state index contributed by atoms with van der Waals surface area (Å²) in [6.45, 7) is 10.4. The Morgan fingerprint density at radius 2 is 1.62 bits per heavy atom. The van der Waals surface area contributed by atoms with E-state index in [1.165, 1.54) is 32.4 Å². The van der Waals surface area contributed by atoms with E-state index in [2.05, 4.69) is 25.7 Å². The lowest BCUT2D eigenvalue weighted by Gasteiger charge is -2.29. The van der Waals surface area contributed by atoms with Crippen molar-refractivity contribution in [2.24, 2.45) is 5.92 Å². The Labute approximate surface area is 82.9 Å². The second kappa shape index (κ2) is 8.52. The molecule has 0 amide bonds. The van der Waals surface area contributed by atoms with Gasteiger partial charge in [-0.05, 0) is 38.4 Å². The number of piperidine rings is 1. The van der Waals surface area contributed by atoms with E-state index in [1.807, 2.05) is 0 Å². The minimum atomic E-state index is 0.386. The third kappa shape index (κ3) is 6.05. The molecule has 0 aliphatic carbocycles. The van der Waals surface area contributed by atoms with Crippen LogP contribution in [0.5, 0.6) is 0 Å². The molecule has 1 rings (SSSR count). The maximum atomic E-state index is 8.83. The minimum absolute atomic E-state index is 0.386. The number of nitrogens with zero attached hydrogens (tertiary/aromatic N) is 1. The van der Waals surface area contributed by atoms with Crippen LogP contribution in [0.25, 0.3) is 0 Å². The summed E-state index contributed by atoms with van der Waals surface area (Å²) in [5.74, 6) is 0.586. The fraction of sp³-hybridized carbons (Fsp3) is 1.00. The lowest BCUT2D eigenvalue weighted by Crippen LogP contribution is -2.34. The molecule has 0 bridgehead atoms. The van der Waals surface area contributed by atoms with Crippen molar-refractivity contribution < 1.29 is 5.11 Å². The average Bonchev–Trinajstić information content (AvgIpc) is 2.19. The minimum Gasteiger partial charge on any atom is -0.396 e. The Kier molecular flexibility index (Phi) is 8.46. The molecular formula is C11H25NO. The van der Waals surface area contributed by atoms with E-state index in [4.69, 9.17) is 5.11 Å². The van der Waals surface area contributed by atoms with E-state index < -0.39 is 0 Å². The van der Waals surface area contributed by atoms with Gasteiger partial charge in [0.15, 0.2) is 0 Å². The Balaban J connectivity index is 0.000000424. The van der Waals surface area contributed by atoms with Crippen molar-refractivity contribution in [1.82, 2.24) is 4.90 Å². The number of hydrogen-bond donors (Lipinski definition) is 1. The Morgan fingerprint density at radius 3 is 1.92 bits per heavy atom. The van der Waals surface area contributed by atoms with Crippen LogP contribution in [0.3, 0.4) is 0 Å². The number of rotatable bonds is 2. The lowest BCUT2D eigenvalue weighted by atomic mass is 9.98. The predicted molar refractivity (Wildman–Crippen MR) is 57.9 cm³/mol. The highest BCUT2D eigenvalue weighted by Crippen LogP contribution is 2.15. The van der Waals surface area contributed by atoms with Crippen molar-refractivity contribution in [3.05, 3.63) is 0 Å². The van der Waals surface area contributed by atoms with Gasteiger partial charge in [-0.1, -0.05) is 27.2 Å². The molecule has 1 aliphatic rings. The van der Waals surface area contributed by atoms with Gasteiger partial charge < -0.3 is 10.0 Å². The molecule has 0 spiro atoms. The first-order valence-electron chi connectivity index (χ1n) is 5.61. The van der Waals surface area contributed by atoms with Crippen LogP contribution in [0.4, 0.5) is 0 Å². The van der Waals surface area contributed by atoms with Crippen LogP contribution in [-0.2, 0) is 0 Å². The van der Waals surface area contributed by atoms with Gasteiger partial charge in [0.05, 0.1) is 0 Å². The van der Waals surface area contributed by atoms with E-state index >= 15 is 0 Å². The van der Waals surface area contributed by atoms with Crippen LogP contribution >= 0.6 is 0 Å². The maximum Gasteiger partial charge on any atom is 0.0460 e. The molecule has 0 unspecified atom stereocenters. The summed E-state index contributed by atoms with van der Waals surface area (Å²) in [5.41, 5.74) is 0. The first-order chi connectivity index (χ1) is 6.28. The zero-order chi connectivity index (χ0) is 10.1. The van der Waals surface area contributed by atoms with Gasteiger partial charge in [-0.15, -0.1) is 0 Å². The molecule has 0 saturated carbocycles. The topological polar surface area (TPSA) is 23.5 Å². The summed E-state index contributed by atoms with van der Waals surface area (Å²) >= 11 is 0. The second-order valence-electron chi connectivity index (χ2n) is 3.77. The van der Waals surface area contributed by atoms with Crippen LogP contribution in [0.2, 0.25) is 0 Å². The molecule has 13 heavy (non-hydrogen) atoms. The molecule has 0 aromatic carbocycles. The van der Waals surface area contributed by atoms with E-state index in [9.17, 15) is 0 Å². The fourth-order valence-electron chi connectivity index (χ4n) is 1.49. The van der Waals surface area contributed by atoms with Crippen LogP contribution in [0.15, 0.2) is 0 Å². The van der Waals surface area contributed by atoms with Crippen molar-refractivity contribution in [3.63, 3.8) is 0 Å². The van der Waals surface area contributed by atoms with E-state index in [0.29, 0.717) is 12.5 Å². The molecule has 0 atom stereocenters. The highest BCUT2D eigenvalue weighted by Gasteiger charge is 2.16. The Morgan fingerprint density at radius 1 is 1.15 bits per heavy atom. The fourth-order valence-corrected chi connectivity index (χ4v) is 1.49. The average molecular weight is 187 g/mol. The number of aliphatic hydroxyl groups is 1. The van der Waals surface area contributed by atoms with Crippen molar-refractivity contribution in [2.75, 3.05) is 26.2 Å². The molecule has 1 N–H and O–H groups in total. The molecule has 0 aromatic rings. The third-order valence-corrected chi connectivity index (χ3v) is 2.41. The quantitative estimate of drug-likeness (QED) is 0.716. The van der Waals surface area contributed by atoms with Gasteiger partial charge >= 0.3 is 0 Å². The molecule has 1 aliphatic heterocycles. The molecule has 1 saturated heterocycles. The van der Waals surface area contributed by atoms with Crippen molar-refractivity contribution in [1.29, 1.82) is 0 Å². The van der Waals surface area contributed by atoms with Gasteiger partial charge in [0.2, 0.25) is 0 Å². The van der Waals surface area contributed by atoms with Crippen molar-refractivity contribution in [2.45, 2.75) is 40.0 Å². The SMILES string of the molecule is CCC.CCN1CCC(CO)CC1. The molecule has 2 heteroatoms. The molecular weight excluding hydrogens is 162 g/mol. The van der Waals surface area contributed by atoms with Gasteiger partial charge in [0.25, 0.3) is 0 Å². The molecule has 80 valence electrons. The highest BCUT2D eigenvalue weighted by molar-refractivity contribution is 4.70. The first-order valence-corrected chi connectivity index (χ1v) is 5.61. The van der Waals surface area contributed by atoms with Crippen LogP contribution in [0.1, 0.15) is 40.0 Å². The van der Waals surface area contributed by atoms with E-state index in [-0.39, 0.29) is 0 Å². The summed E-state index contributed by atoms with van der Waals surface area (Å²) < 4.78 is 0. The normalized spacial score (nSPS) is 19.4.